The quantitative estimate of drug-likeness (QED) is 0.380. The lowest BCUT2D eigenvalue weighted by atomic mass is 9.74. The van der Waals surface area contributed by atoms with Crippen LogP contribution in [0.25, 0.3) is 11.1 Å². The highest BCUT2D eigenvalue weighted by atomic mass is 15.1. The largest absolute Gasteiger partial charge is 0.380 e. The van der Waals surface area contributed by atoms with Crippen LogP contribution in [-0.2, 0) is 0 Å². The van der Waals surface area contributed by atoms with E-state index in [1.54, 1.807) is 0 Å². The molecule has 3 aromatic rings. The Labute approximate surface area is 212 Å². The van der Waals surface area contributed by atoms with Gasteiger partial charge in [-0.3, -0.25) is 0 Å². The number of hydrogen-bond donors (Lipinski definition) is 2. The highest BCUT2D eigenvalue weighted by Crippen LogP contribution is 2.40. The number of hydrogen-bond acceptors (Lipinski definition) is 2. The molecule has 1 heterocycles. The zero-order chi connectivity index (χ0) is 24.4. The molecule has 2 nitrogen and oxygen atoms in total. The van der Waals surface area contributed by atoms with E-state index in [0.29, 0.717) is 30.0 Å². The first-order chi connectivity index (χ1) is 17.0. The van der Waals surface area contributed by atoms with E-state index in [4.69, 9.17) is 0 Å². The van der Waals surface area contributed by atoms with Crippen LogP contribution in [-0.4, -0.2) is 12.1 Å². The summed E-state index contributed by atoms with van der Waals surface area (Å²) in [6.45, 7) is 9.29. The number of nitrogens with one attached hydrogen (secondary N) is 2. The summed E-state index contributed by atoms with van der Waals surface area (Å²) >= 11 is 0. The first-order valence-corrected chi connectivity index (χ1v) is 13.8. The van der Waals surface area contributed by atoms with Gasteiger partial charge in [-0.1, -0.05) is 107 Å². The van der Waals surface area contributed by atoms with Crippen molar-refractivity contribution in [1.82, 2.24) is 5.32 Å². The molecule has 184 valence electrons. The molecule has 35 heavy (non-hydrogen) atoms. The lowest BCUT2D eigenvalue weighted by Crippen LogP contribution is -2.55. The van der Waals surface area contributed by atoms with Gasteiger partial charge in [-0.2, -0.15) is 0 Å². The Morgan fingerprint density at radius 1 is 0.686 bits per heavy atom. The van der Waals surface area contributed by atoms with Crippen molar-refractivity contribution >= 4 is 5.69 Å². The van der Waals surface area contributed by atoms with Gasteiger partial charge in [0.05, 0.1) is 0 Å². The summed E-state index contributed by atoms with van der Waals surface area (Å²) in [7, 11) is 0. The molecule has 4 atom stereocenters. The molecule has 0 bridgehead atoms. The minimum absolute atomic E-state index is 0.438. The molecule has 1 saturated heterocycles. The molecule has 1 aliphatic heterocycles. The van der Waals surface area contributed by atoms with Crippen molar-refractivity contribution in [3.05, 3.63) is 89.5 Å². The number of piperidine rings is 1. The zero-order valence-electron chi connectivity index (χ0n) is 21.9. The lowest BCUT2D eigenvalue weighted by Gasteiger charge is -2.46. The van der Waals surface area contributed by atoms with Crippen molar-refractivity contribution in [2.24, 2.45) is 5.92 Å². The van der Waals surface area contributed by atoms with E-state index in [2.05, 4.69) is 111 Å². The zero-order valence-corrected chi connectivity index (χ0v) is 21.9. The highest BCUT2D eigenvalue weighted by molar-refractivity contribution is 5.63. The standard InChI is InChI=1S/C33H42N2/c1-22(2)28-13-9-14-29(23(3)4)33(28)35-31-15-8-12-27-20-21-30(34-32(27)31)26-18-16-25(17-19-26)24-10-6-5-7-11-24/h5-7,9-11,13-14,16-19,22-23,27,30-32,34-35H,8,12,15,20-21H2,1-4H3. The third-order valence-electron chi connectivity index (χ3n) is 8.37. The van der Waals surface area contributed by atoms with E-state index in [1.807, 2.05) is 0 Å². The van der Waals surface area contributed by atoms with Crippen LogP contribution < -0.4 is 10.6 Å². The third kappa shape index (κ3) is 5.19. The van der Waals surface area contributed by atoms with Gasteiger partial charge in [0.25, 0.3) is 0 Å². The summed E-state index contributed by atoms with van der Waals surface area (Å²) in [6, 6.07) is 28.3. The van der Waals surface area contributed by atoms with Crippen molar-refractivity contribution in [2.45, 2.75) is 89.8 Å². The summed E-state index contributed by atoms with van der Waals surface area (Å²) in [4.78, 5) is 0. The average Bonchev–Trinajstić information content (AvgIpc) is 2.89. The number of para-hydroxylation sites is 1. The van der Waals surface area contributed by atoms with Gasteiger partial charge < -0.3 is 10.6 Å². The number of rotatable bonds is 6. The normalized spacial score (nSPS) is 24.4. The van der Waals surface area contributed by atoms with Gasteiger partial charge in [-0.15, -0.1) is 0 Å². The number of anilines is 1. The minimum atomic E-state index is 0.438. The molecule has 2 fully saturated rings. The fourth-order valence-corrected chi connectivity index (χ4v) is 6.43. The van der Waals surface area contributed by atoms with Gasteiger partial charge in [0.15, 0.2) is 0 Å². The van der Waals surface area contributed by atoms with Gasteiger partial charge in [-0.05, 0) is 71.3 Å². The lowest BCUT2D eigenvalue weighted by molar-refractivity contribution is 0.164. The number of benzene rings is 3. The molecule has 0 spiro atoms. The molecular weight excluding hydrogens is 424 g/mol. The molecule has 3 aromatic carbocycles. The Morgan fingerprint density at radius 2 is 1.34 bits per heavy atom. The second-order valence-corrected chi connectivity index (χ2v) is 11.4. The summed E-state index contributed by atoms with van der Waals surface area (Å²) in [5.41, 5.74) is 8.34. The van der Waals surface area contributed by atoms with Crippen LogP contribution in [0.2, 0.25) is 0 Å². The van der Waals surface area contributed by atoms with Gasteiger partial charge in [0.2, 0.25) is 0 Å². The van der Waals surface area contributed by atoms with E-state index in [-0.39, 0.29) is 0 Å². The minimum Gasteiger partial charge on any atom is -0.380 e. The van der Waals surface area contributed by atoms with Crippen LogP contribution in [0, 0.1) is 5.92 Å². The first-order valence-electron chi connectivity index (χ1n) is 13.8. The fourth-order valence-electron chi connectivity index (χ4n) is 6.43. The van der Waals surface area contributed by atoms with Gasteiger partial charge >= 0.3 is 0 Å². The Morgan fingerprint density at radius 3 is 2.00 bits per heavy atom. The topological polar surface area (TPSA) is 24.1 Å². The molecule has 1 saturated carbocycles. The summed E-state index contributed by atoms with van der Waals surface area (Å²) < 4.78 is 0. The maximum atomic E-state index is 4.14. The maximum Gasteiger partial charge on any atom is 0.0417 e. The van der Waals surface area contributed by atoms with E-state index < -0.39 is 0 Å². The van der Waals surface area contributed by atoms with Crippen LogP contribution in [0.15, 0.2) is 72.8 Å². The van der Waals surface area contributed by atoms with Gasteiger partial charge in [0.1, 0.15) is 0 Å². The molecule has 2 heteroatoms. The van der Waals surface area contributed by atoms with E-state index in [9.17, 15) is 0 Å². The SMILES string of the molecule is CC(C)c1cccc(C(C)C)c1NC1CCCC2CCC(c3ccc(-c4ccccc4)cc3)NC21. The van der Waals surface area contributed by atoms with Crippen LogP contribution in [0.5, 0.6) is 0 Å². The first kappa shape index (κ1) is 24.1. The van der Waals surface area contributed by atoms with Gasteiger partial charge in [-0.25, -0.2) is 0 Å². The van der Waals surface area contributed by atoms with Crippen LogP contribution >= 0.6 is 0 Å². The Balaban J connectivity index is 1.36. The molecule has 1 aliphatic carbocycles. The smallest absolute Gasteiger partial charge is 0.0417 e. The van der Waals surface area contributed by atoms with Crippen molar-refractivity contribution in [2.75, 3.05) is 5.32 Å². The second-order valence-electron chi connectivity index (χ2n) is 11.4. The van der Waals surface area contributed by atoms with Crippen molar-refractivity contribution in [3.63, 3.8) is 0 Å². The second kappa shape index (κ2) is 10.6. The van der Waals surface area contributed by atoms with Crippen molar-refractivity contribution in [3.8, 4) is 11.1 Å². The molecule has 0 radical (unpaired) electrons. The summed E-state index contributed by atoms with van der Waals surface area (Å²) in [6.07, 6.45) is 6.50. The molecule has 2 aliphatic rings. The Kier molecular flexibility index (Phi) is 7.29. The molecule has 5 rings (SSSR count). The van der Waals surface area contributed by atoms with E-state index >= 15 is 0 Å². The average molecular weight is 467 g/mol. The van der Waals surface area contributed by atoms with Crippen molar-refractivity contribution < 1.29 is 0 Å². The molecule has 0 amide bonds. The predicted molar refractivity (Wildman–Crippen MR) is 150 cm³/mol. The van der Waals surface area contributed by atoms with E-state index in [0.717, 1.165) is 5.92 Å². The molecule has 4 unspecified atom stereocenters. The predicted octanol–water partition coefficient (Wildman–Crippen LogP) is 8.67. The van der Waals surface area contributed by atoms with Crippen molar-refractivity contribution in [1.29, 1.82) is 0 Å². The van der Waals surface area contributed by atoms with Crippen LogP contribution in [0.4, 0.5) is 5.69 Å². The monoisotopic (exact) mass is 466 g/mol. The van der Waals surface area contributed by atoms with E-state index in [1.165, 1.54) is 65.6 Å². The molecule has 2 N–H and O–H groups in total. The molecule has 0 aromatic heterocycles. The summed E-state index contributed by atoms with van der Waals surface area (Å²) in [5.74, 6) is 1.81. The van der Waals surface area contributed by atoms with Crippen LogP contribution in [0.3, 0.4) is 0 Å². The van der Waals surface area contributed by atoms with Gasteiger partial charge in [0, 0.05) is 23.8 Å². The Hall–Kier alpha value is -2.58. The number of fused-ring (bicyclic) bond motifs is 1. The third-order valence-corrected chi connectivity index (χ3v) is 8.37. The summed E-state index contributed by atoms with van der Waals surface area (Å²) in [5, 5.41) is 8.26. The molecular formula is C33H42N2. The maximum absolute atomic E-state index is 4.14. The highest BCUT2D eigenvalue weighted by Gasteiger charge is 2.38. The Bertz CT molecular complexity index is 1070. The van der Waals surface area contributed by atoms with Crippen LogP contribution in [0.1, 0.15) is 94.4 Å². The fraction of sp³-hybridized carbons (Fsp3) is 0.455.